The molecule has 0 amide bonds. The molecule has 2 bridgehead atoms. The molecule has 0 aromatic heterocycles. The number of hydrogen-bond donors (Lipinski definition) is 0. The molecule has 5 unspecified atom stereocenters. The van der Waals surface area contributed by atoms with E-state index in [0.717, 1.165) is 19.3 Å². The first-order valence-electron chi connectivity index (χ1n) is 8.70. The maximum Gasteiger partial charge on any atom is 0.333 e. The molecule has 3 aliphatic rings. The molecule has 24 heavy (non-hydrogen) atoms. The van der Waals surface area contributed by atoms with Crippen LogP contribution in [0, 0.1) is 17.8 Å². The van der Waals surface area contributed by atoms with Gasteiger partial charge in [-0.2, -0.15) is 0 Å². The van der Waals surface area contributed by atoms with Crippen molar-refractivity contribution in [3.8, 4) is 0 Å². The van der Waals surface area contributed by atoms with Crippen LogP contribution in [-0.2, 0) is 28.6 Å². The van der Waals surface area contributed by atoms with Gasteiger partial charge in [-0.05, 0) is 39.0 Å². The predicted octanol–water partition coefficient (Wildman–Crippen LogP) is 2.16. The van der Waals surface area contributed by atoms with Gasteiger partial charge < -0.3 is 14.2 Å². The van der Waals surface area contributed by atoms with Crippen LogP contribution in [0.4, 0.5) is 0 Å². The molecule has 1 saturated heterocycles. The molecule has 3 fully saturated rings. The van der Waals surface area contributed by atoms with Crippen LogP contribution < -0.4 is 0 Å². The first-order chi connectivity index (χ1) is 11.5. The molecule has 2 aliphatic carbocycles. The Labute approximate surface area is 141 Å². The van der Waals surface area contributed by atoms with Crippen molar-refractivity contribution in [2.45, 2.75) is 57.7 Å². The van der Waals surface area contributed by atoms with Crippen LogP contribution in [0.5, 0.6) is 0 Å². The third-order valence-electron chi connectivity index (χ3n) is 5.29. The second-order valence-electron chi connectivity index (χ2n) is 7.08. The molecule has 0 spiro atoms. The van der Waals surface area contributed by atoms with Crippen LogP contribution >= 0.6 is 0 Å². The summed E-state index contributed by atoms with van der Waals surface area (Å²) in [7, 11) is 0. The Hall–Kier alpha value is -1.85. The van der Waals surface area contributed by atoms with Crippen molar-refractivity contribution < 1.29 is 28.6 Å². The molecular formula is C18H24O6. The van der Waals surface area contributed by atoms with E-state index in [1.165, 1.54) is 0 Å². The molecule has 0 aromatic carbocycles. The highest BCUT2D eigenvalue weighted by atomic mass is 16.6. The van der Waals surface area contributed by atoms with E-state index < -0.39 is 0 Å². The van der Waals surface area contributed by atoms with E-state index in [0.29, 0.717) is 31.4 Å². The van der Waals surface area contributed by atoms with Crippen LogP contribution in [0.25, 0.3) is 0 Å². The van der Waals surface area contributed by atoms with E-state index in [4.69, 9.17) is 14.2 Å². The van der Waals surface area contributed by atoms with Crippen LogP contribution in [0.15, 0.2) is 12.2 Å². The van der Waals surface area contributed by atoms with Gasteiger partial charge in [0.1, 0.15) is 12.2 Å². The number of carbonyl (C=O) groups excluding carboxylic acids is 3. The maximum absolute atomic E-state index is 12.0. The van der Waals surface area contributed by atoms with Gasteiger partial charge in [0.2, 0.25) is 0 Å². The molecule has 0 radical (unpaired) electrons. The van der Waals surface area contributed by atoms with E-state index in [9.17, 15) is 14.4 Å². The fourth-order valence-corrected chi connectivity index (χ4v) is 4.11. The minimum Gasteiger partial charge on any atom is -0.462 e. The zero-order chi connectivity index (χ0) is 17.3. The average Bonchev–Trinajstić information content (AvgIpc) is 3.15. The van der Waals surface area contributed by atoms with Gasteiger partial charge >= 0.3 is 17.9 Å². The summed E-state index contributed by atoms with van der Waals surface area (Å²) < 4.78 is 16.0. The van der Waals surface area contributed by atoms with E-state index >= 15 is 0 Å². The quantitative estimate of drug-likeness (QED) is 0.292. The summed E-state index contributed by atoms with van der Waals surface area (Å²) >= 11 is 0. The molecule has 0 aromatic rings. The van der Waals surface area contributed by atoms with Crippen LogP contribution in [0.1, 0.15) is 45.4 Å². The van der Waals surface area contributed by atoms with Crippen molar-refractivity contribution in [2.75, 3.05) is 6.61 Å². The van der Waals surface area contributed by atoms with E-state index in [1.54, 1.807) is 6.92 Å². The molecule has 1 aliphatic heterocycles. The van der Waals surface area contributed by atoms with Gasteiger partial charge in [0.25, 0.3) is 0 Å². The Kier molecular flexibility index (Phi) is 4.92. The van der Waals surface area contributed by atoms with Crippen LogP contribution in [0.2, 0.25) is 0 Å². The summed E-state index contributed by atoms with van der Waals surface area (Å²) in [5, 5.41) is 0. The molecule has 6 nitrogen and oxygen atoms in total. The minimum atomic E-state index is -0.380. The summed E-state index contributed by atoms with van der Waals surface area (Å²) in [6, 6.07) is 0. The summed E-state index contributed by atoms with van der Waals surface area (Å²) in [5.74, 6) is -0.154. The van der Waals surface area contributed by atoms with Crippen molar-refractivity contribution in [1.29, 1.82) is 0 Å². The number of ether oxygens (including phenoxy) is 3. The van der Waals surface area contributed by atoms with Gasteiger partial charge in [-0.1, -0.05) is 6.58 Å². The number of rotatable bonds is 8. The lowest BCUT2D eigenvalue weighted by atomic mass is 9.88. The fraction of sp³-hybridized carbons (Fsp3) is 0.722. The predicted molar refractivity (Wildman–Crippen MR) is 83.7 cm³/mol. The average molecular weight is 336 g/mol. The zero-order valence-corrected chi connectivity index (χ0v) is 14.0. The monoisotopic (exact) mass is 336 g/mol. The third kappa shape index (κ3) is 3.32. The van der Waals surface area contributed by atoms with Crippen molar-refractivity contribution in [3.63, 3.8) is 0 Å². The Bertz CT molecular complexity index is 554. The third-order valence-corrected chi connectivity index (χ3v) is 5.29. The normalized spacial score (nSPS) is 32.5. The zero-order valence-electron chi connectivity index (χ0n) is 14.0. The summed E-state index contributed by atoms with van der Waals surface area (Å²) in [6.07, 6.45) is 3.80. The Morgan fingerprint density at radius 2 is 2.04 bits per heavy atom. The molecule has 1 heterocycles. The van der Waals surface area contributed by atoms with Crippen LogP contribution in [0.3, 0.4) is 0 Å². The standard InChI is InChI=1S/C18H24O6/c1-10(2)17(20)22-7-5-3-4-6-14(19)23-15-11-8-12-13(9-11)18(21)24-16(12)15/h11-13,15-16H,1,3-9H2,2H3. The number of esters is 3. The summed E-state index contributed by atoms with van der Waals surface area (Å²) in [5.41, 5.74) is 0.388. The van der Waals surface area contributed by atoms with Crippen molar-refractivity contribution in [3.05, 3.63) is 12.2 Å². The van der Waals surface area contributed by atoms with Crippen molar-refractivity contribution >= 4 is 17.9 Å². The first kappa shape index (κ1) is 17.0. The molecule has 3 rings (SSSR count). The molecule has 5 atom stereocenters. The highest BCUT2D eigenvalue weighted by Gasteiger charge is 2.63. The lowest BCUT2D eigenvalue weighted by molar-refractivity contribution is -0.161. The lowest BCUT2D eigenvalue weighted by Crippen LogP contribution is -2.35. The number of hydrogen-bond acceptors (Lipinski definition) is 6. The minimum absolute atomic E-state index is 0.0388. The van der Waals surface area contributed by atoms with E-state index in [-0.39, 0.29) is 47.9 Å². The van der Waals surface area contributed by atoms with Crippen LogP contribution in [-0.4, -0.2) is 36.7 Å². The molecule has 6 heteroatoms. The molecule has 2 saturated carbocycles. The smallest absolute Gasteiger partial charge is 0.333 e. The van der Waals surface area contributed by atoms with Gasteiger partial charge in [0.05, 0.1) is 12.5 Å². The summed E-state index contributed by atoms with van der Waals surface area (Å²) in [6.45, 7) is 5.46. The highest BCUT2D eigenvalue weighted by molar-refractivity contribution is 5.86. The maximum atomic E-state index is 12.0. The van der Waals surface area contributed by atoms with Gasteiger partial charge in [0, 0.05) is 23.8 Å². The number of unbranched alkanes of at least 4 members (excludes halogenated alkanes) is 2. The number of fused-ring (bicyclic) bond motifs is 1. The Morgan fingerprint density at radius 3 is 2.79 bits per heavy atom. The lowest BCUT2D eigenvalue weighted by Gasteiger charge is -2.25. The van der Waals surface area contributed by atoms with Gasteiger partial charge in [0.15, 0.2) is 0 Å². The molecule has 0 N–H and O–H groups in total. The summed E-state index contributed by atoms with van der Waals surface area (Å²) in [4.78, 5) is 34.9. The second kappa shape index (κ2) is 6.95. The first-order valence-corrected chi connectivity index (χ1v) is 8.70. The largest absolute Gasteiger partial charge is 0.462 e. The number of carbonyl (C=O) groups is 3. The fourth-order valence-electron chi connectivity index (χ4n) is 4.11. The van der Waals surface area contributed by atoms with Gasteiger partial charge in [-0.3, -0.25) is 9.59 Å². The second-order valence-corrected chi connectivity index (χ2v) is 7.08. The highest BCUT2D eigenvalue weighted by Crippen LogP contribution is 2.55. The van der Waals surface area contributed by atoms with Gasteiger partial charge in [-0.15, -0.1) is 0 Å². The Morgan fingerprint density at radius 1 is 1.25 bits per heavy atom. The van der Waals surface area contributed by atoms with Crippen molar-refractivity contribution in [2.24, 2.45) is 17.8 Å². The Balaban J connectivity index is 1.31. The van der Waals surface area contributed by atoms with Crippen molar-refractivity contribution in [1.82, 2.24) is 0 Å². The van der Waals surface area contributed by atoms with Gasteiger partial charge in [-0.25, -0.2) is 4.79 Å². The topological polar surface area (TPSA) is 78.9 Å². The SMILES string of the molecule is C=C(C)C(=O)OCCCCCC(=O)OC1C2CC3C(=O)OC1C3C2. The van der Waals surface area contributed by atoms with E-state index in [1.807, 2.05) is 0 Å². The van der Waals surface area contributed by atoms with E-state index in [2.05, 4.69) is 6.58 Å². The molecular weight excluding hydrogens is 312 g/mol. The molecule has 132 valence electrons.